The van der Waals surface area contributed by atoms with E-state index in [1.165, 1.54) is 27.5 Å². The average Bonchev–Trinajstić information content (AvgIpc) is 3.02. The van der Waals surface area contributed by atoms with Crippen LogP contribution >= 0.6 is 11.6 Å². The maximum absolute atomic E-state index is 13.4. The van der Waals surface area contributed by atoms with Gasteiger partial charge in [0.05, 0.1) is 6.42 Å². The summed E-state index contributed by atoms with van der Waals surface area (Å²) in [5, 5.41) is 9.93. The highest BCUT2D eigenvalue weighted by Gasteiger charge is 2.21. The summed E-state index contributed by atoms with van der Waals surface area (Å²) in [5.41, 5.74) is 5.78. The average molecular weight is 590 g/mol. The van der Waals surface area contributed by atoms with Crippen LogP contribution in [0.2, 0.25) is 5.02 Å². The van der Waals surface area contributed by atoms with Crippen molar-refractivity contribution in [2.24, 2.45) is 0 Å². The third-order valence-electron chi connectivity index (χ3n) is 8.04. The normalized spacial score (nSPS) is 12.7. The first-order valence-corrected chi connectivity index (χ1v) is 15.4. The van der Waals surface area contributed by atoms with Crippen molar-refractivity contribution in [2.45, 2.75) is 31.3 Å². The fourth-order valence-electron chi connectivity index (χ4n) is 5.73. The predicted molar refractivity (Wildman–Crippen MR) is 181 cm³/mol. The van der Waals surface area contributed by atoms with Crippen molar-refractivity contribution in [3.05, 3.63) is 143 Å². The van der Waals surface area contributed by atoms with E-state index in [4.69, 9.17) is 11.6 Å². The van der Waals surface area contributed by atoms with Gasteiger partial charge in [-0.1, -0.05) is 121 Å². The summed E-state index contributed by atoms with van der Waals surface area (Å²) in [6.07, 6.45) is 1.98. The Morgan fingerprint density at radius 1 is 0.721 bits per heavy atom. The number of likely N-dealkylation sites (N-methyl/N-ethyl adjacent to an activating group) is 2. The largest absolute Gasteiger partial charge is 0.351 e. The molecular formula is C38H40ClN3O. The van der Waals surface area contributed by atoms with Crippen molar-refractivity contribution in [3.63, 3.8) is 0 Å². The topological polar surface area (TPSA) is 44.4 Å². The lowest BCUT2D eigenvalue weighted by molar-refractivity contribution is -0.121. The molecule has 43 heavy (non-hydrogen) atoms. The number of carbonyl (C=O) groups excluding carboxylic acids is 1. The van der Waals surface area contributed by atoms with Gasteiger partial charge in [-0.05, 0) is 77.7 Å². The van der Waals surface area contributed by atoms with Crippen LogP contribution in [0.5, 0.6) is 0 Å². The number of carbonyl (C=O) groups is 1. The molecule has 0 fully saturated rings. The van der Waals surface area contributed by atoms with Gasteiger partial charge < -0.3 is 10.6 Å². The van der Waals surface area contributed by atoms with Crippen molar-refractivity contribution in [1.29, 1.82) is 0 Å². The highest BCUT2D eigenvalue weighted by Crippen LogP contribution is 2.20. The molecule has 0 aromatic heterocycles. The summed E-state index contributed by atoms with van der Waals surface area (Å²) in [5.74, 6) is 0.0366. The molecule has 0 bridgehead atoms. The second-order valence-corrected chi connectivity index (χ2v) is 11.8. The van der Waals surface area contributed by atoms with E-state index in [0.717, 1.165) is 42.1 Å². The van der Waals surface area contributed by atoms with E-state index in [1.54, 1.807) is 0 Å². The molecule has 1 unspecified atom stereocenters. The molecule has 2 N–H and O–H groups in total. The monoisotopic (exact) mass is 589 g/mol. The van der Waals surface area contributed by atoms with Gasteiger partial charge in [0.25, 0.3) is 0 Å². The molecule has 0 aliphatic heterocycles. The third-order valence-corrected chi connectivity index (χ3v) is 8.29. The van der Waals surface area contributed by atoms with E-state index in [9.17, 15) is 4.79 Å². The summed E-state index contributed by atoms with van der Waals surface area (Å²) >= 11 is 6.13. The molecule has 0 saturated carbocycles. The molecule has 0 aliphatic carbocycles. The molecule has 0 spiro atoms. The van der Waals surface area contributed by atoms with Gasteiger partial charge in [-0.15, -0.1) is 0 Å². The molecule has 0 radical (unpaired) electrons. The van der Waals surface area contributed by atoms with E-state index in [2.05, 4.69) is 114 Å². The molecule has 5 aromatic carbocycles. The SMILES string of the molecule is CNCC(Cc1ccc(Cl)cc1)N(C)C[C@@H](Cc1ccc2ccccc2c1)NC(=O)Cc1ccc(-c2ccccc2)cc1. The fraction of sp³-hybridized carbons (Fsp3) is 0.237. The van der Waals surface area contributed by atoms with Gasteiger partial charge in [-0.3, -0.25) is 9.69 Å². The first kappa shape index (κ1) is 30.5. The zero-order valence-electron chi connectivity index (χ0n) is 25.0. The number of amides is 1. The first-order valence-electron chi connectivity index (χ1n) is 15.0. The van der Waals surface area contributed by atoms with Crippen molar-refractivity contribution < 1.29 is 4.79 Å². The van der Waals surface area contributed by atoms with Gasteiger partial charge in [0.2, 0.25) is 5.91 Å². The number of fused-ring (bicyclic) bond motifs is 1. The van der Waals surface area contributed by atoms with Crippen LogP contribution in [0, 0.1) is 0 Å². The minimum Gasteiger partial charge on any atom is -0.351 e. The number of halogens is 1. The Hall–Kier alpha value is -3.96. The van der Waals surface area contributed by atoms with Crippen LogP contribution in [0.1, 0.15) is 16.7 Å². The number of hydrogen-bond acceptors (Lipinski definition) is 3. The Morgan fingerprint density at radius 3 is 2.07 bits per heavy atom. The van der Waals surface area contributed by atoms with E-state index in [1.807, 2.05) is 37.4 Å². The van der Waals surface area contributed by atoms with E-state index >= 15 is 0 Å². The zero-order chi connectivity index (χ0) is 30.0. The molecule has 5 rings (SSSR count). The second kappa shape index (κ2) is 15.0. The molecule has 2 atom stereocenters. The third kappa shape index (κ3) is 8.77. The summed E-state index contributed by atoms with van der Waals surface area (Å²) in [4.78, 5) is 15.8. The summed E-state index contributed by atoms with van der Waals surface area (Å²) in [6, 6.07) is 41.9. The van der Waals surface area contributed by atoms with E-state index < -0.39 is 0 Å². The van der Waals surface area contributed by atoms with Crippen LogP contribution in [0.4, 0.5) is 0 Å². The molecule has 1 amide bonds. The highest BCUT2D eigenvalue weighted by atomic mass is 35.5. The van der Waals surface area contributed by atoms with Crippen molar-refractivity contribution >= 4 is 28.3 Å². The molecule has 220 valence electrons. The number of hydrogen-bond donors (Lipinski definition) is 2. The minimum absolute atomic E-state index is 0.0366. The molecule has 0 saturated heterocycles. The fourth-order valence-corrected chi connectivity index (χ4v) is 5.86. The van der Waals surface area contributed by atoms with Crippen LogP contribution in [-0.4, -0.2) is 50.1 Å². The molecule has 5 aromatic rings. The van der Waals surface area contributed by atoms with Crippen LogP contribution in [0.3, 0.4) is 0 Å². The van der Waals surface area contributed by atoms with E-state index in [-0.39, 0.29) is 18.0 Å². The summed E-state index contributed by atoms with van der Waals surface area (Å²) in [7, 11) is 4.14. The van der Waals surface area contributed by atoms with Crippen molar-refractivity contribution in [1.82, 2.24) is 15.5 Å². The Morgan fingerprint density at radius 2 is 1.35 bits per heavy atom. The van der Waals surface area contributed by atoms with Crippen LogP contribution in [0.15, 0.2) is 121 Å². The Kier molecular flexibility index (Phi) is 10.6. The van der Waals surface area contributed by atoms with Gasteiger partial charge in [0.1, 0.15) is 0 Å². The van der Waals surface area contributed by atoms with Crippen molar-refractivity contribution in [3.8, 4) is 11.1 Å². The van der Waals surface area contributed by atoms with Gasteiger partial charge >= 0.3 is 0 Å². The molecule has 0 heterocycles. The Labute approximate surface area is 260 Å². The molecule has 4 nitrogen and oxygen atoms in total. The second-order valence-electron chi connectivity index (χ2n) is 11.4. The van der Waals surface area contributed by atoms with E-state index in [0.29, 0.717) is 6.42 Å². The number of nitrogens with one attached hydrogen (secondary N) is 2. The lowest BCUT2D eigenvalue weighted by atomic mass is 9.99. The molecule has 5 heteroatoms. The predicted octanol–water partition coefficient (Wildman–Crippen LogP) is 7.19. The Bertz CT molecular complexity index is 1600. The summed E-state index contributed by atoms with van der Waals surface area (Å²) in [6.45, 7) is 1.56. The Balaban J connectivity index is 1.30. The smallest absolute Gasteiger partial charge is 0.224 e. The van der Waals surface area contributed by atoms with Gasteiger partial charge in [0, 0.05) is 30.2 Å². The quantitative estimate of drug-likeness (QED) is 0.153. The number of rotatable bonds is 13. The van der Waals surface area contributed by atoms with Crippen LogP contribution in [-0.2, 0) is 24.1 Å². The lowest BCUT2D eigenvalue weighted by Gasteiger charge is -2.32. The van der Waals surface area contributed by atoms with Gasteiger partial charge in [0.15, 0.2) is 0 Å². The lowest BCUT2D eigenvalue weighted by Crippen LogP contribution is -2.49. The maximum atomic E-state index is 13.4. The van der Waals surface area contributed by atoms with Crippen molar-refractivity contribution in [2.75, 3.05) is 27.2 Å². The highest BCUT2D eigenvalue weighted by molar-refractivity contribution is 6.30. The zero-order valence-corrected chi connectivity index (χ0v) is 25.7. The molecular weight excluding hydrogens is 550 g/mol. The van der Waals surface area contributed by atoms with Gasteiger partial charge in [-0.25, -0.2) is 0 Å². The van der Waals surface area contributed by atoms with Gasteiger partial charge in [-0.2, -0.15) is 0 Å². The van der Waals surface area contributed by atoms with Crippen LogP contribution in [0.25, 0.3) is 21.9 Å². The standard InChI is InChI=1S/C38H40ClN3O/c1-40-26-37(24-28-15-20-35(39)21-16-28)42(2)27-36(23-30-14-19-32-10-6-7-11-34(32)22-30)41-38(43)25-29-12-17-33(18-13-29)31-8-4-3-5-9-31/h3-22,36-37,40H,23-27H2,1-2H3,(H,41,43)/t36-,37?/m1/s1. The summed E-state index contributed by atoms with van der Waals surface area (Å²) < 4.78 is 0. The number of nitrogens with zero attached hydrogens (tertiary/aromatic N) is 1. The van der Waals surface area contributed by atoms with Crippen LogP contribution < -0.4 is 10.6 Å². The minimum atomic E-state index is -0.0492. The molecule has 0 aliphatic rings. The first-order chi connectivity index (χ1) is 21.0. The number of benzene rings is 5. The maximum Gasteiger partial charge on any atom is 0.224 e.